The molecule has 0 N–H and O–H groups in total. The van der Waals surface area contributed by atoms with Gasteiger partial charge < -0.3 is 4.90 Å². The fourth-order valence-electron chi connectivity index (χ4n) is 4.05. The lowest BCUT2D eigenvalue weighted by Gasteiger charge is -2.33. The number of anilines is 1. The first-order chi connectivity index (χ1) is 14.7. The fraction of sp³-hybridized carbons (Fsp3) is 0.333. The molecule has 0 bridgehead atoms. The molecule has 0 unspecified atom stereocenters. The fourth-order valence-corrected chi connectivity index (χ4v) is 4.05. The van der Waals surface area contributed by atoms with Crippen molar-refractivity contribution in [3.8, 4) is 11.3 Å². The van der Waals surface area contributed by atoms with E-state index in [1.54, 1.807) is 40.4 Å². The smallest absolute Gasteiger partial charge is 0.253 e. The van der Waals surface area contributed by atoms with Crippen LogP contribution in [0.3, 0.4) is 0 Å². The summed E-state index contributed by atoms with van der Waals surface area (Å²) in [5.74, 6) is 1.37. The largest absolute Gasteiger partial charge is 0.356 e. The van der Waals surface area contributed by atoms with Gasteiger partial charge in [0.1, 0.15) is 12.1 Å². The van der Waals surface area contributed by atoms with Gasteiger partial charge >= 0.3 is 0 Å². The number of aryl methyl sites for hydroxylation is 1. The SMILES string of the molecule is Cn1ncc2c(N3CCC(Cn4cnc(-c5ccncc5)cc4=O)CC3)ncnc21. The van der Waals surface area contributed by atoms with Gasteiger partial charge in [0.05, 0.1) is 23.6 Å². The Morgan fingerprint density at radius 1 is 1.10 bits per heavy atom. The number of hydrogen-bond donors (Lipinski definition) is 0. The zero-order valence-corrected chi connectivity index (χ0v) is 16.7. The van der Waals surface area contributed by atoms with Gasteiger partial charge in [0, 0.05) is 50.7 Å². The normalized spacial score (nSPS) is 15.0. The molecule has 1 fully saturated rings. The van der Waals surface area contributed by atoms with E-state index < -0.39 is 0 Å². The third kappa shape index (κ3) is 3.42. The summed E-state index contributed by atoms with van der Waals surface area (Å²) in [4.78, 5) is 32.2. The number of hydrogen-bond acceptors (Lipinski definition) is 7. The number of aromatic nitrogens is 7. The number of rotatable bonds is 4. The highest BCUT2D eigenvalue weighted by atomic mass is 16.1. The van der Waals surface area contributed by atoms with E-state index in [9.17, 15) is 4.79 Å². The second kappa shape index (κ2) is 7.66. The summed E-state index contributed by atoms with van der Waals surface area (Å²) in [6, 6.07) is 5.31. The van der Waals surface area contributed by atoms with Crippen molar-refractivity contribution in [1.29, 1.82) is 0 Å². The van der Waals surface area contributed by atoms with E-state index >= 15 is 0 Å². The summed E-state index contributed by atoms with van der Waals surface area (Å²) in [5.41, 5.74) is 2.40. The molecule has 1 aliphatic rings. The summed E-state index contributed by atoms with van der Waals surface area (Å²) in [5, 5.41) is 5.28. The first-order valence-corrected chi connectivity index (χ1v) is 10.0. The first kappa shape index (κ1) is 18.4. The predicted molar refractivity (Wildman–Crippen MR) is 113 cm³/mol. The quantitative estimate of drug-likeness (QED) is 0.514. The molecule has 152 valence electrons. The van der Waals surface area contributed by atoms with E-state index in [1.165, 1.54) is 0 Å². The molecule has 5 heterocycles. The lowest BCUT2D eigenvalue weighted by atomic mass is 9.96. The molecule has 30 heavy (non-hydrogen) atoms. The van der Waals surface area contributed by atoms with Gasteiger partial charge in [-0.3, -0.25) is 19.0 Å². The second-order valence-corrected chi connectivity index (χ2v) is 7.63. The molecule has 1 aliphatic heterocycles. The molecule has 0 saturated carbocycles. The molecule has 0 spiro atoms. The van der Waals surface area contributed by atoms with Crippen LogP contribution < -0.4 is 10.5 Å². The summed E-state index contributed by atoms with van der Waals surface area (Å²) < 4.78 is 3.48. The molecular weight excluding hydrogens is 380 g/mol. The van der Waals surface area contributed by atoms with Gasteiger partial charge in [0.25, 0.3) is 5.56 Å². The van der Waals surface area contributed by atoms with E-state index in [0.29, 0.717) is 18.2 Å². The molecule has 0 radical (unpaired) electrons. The van der Waals surface area contributed by atoms with Crippen molar-refractivity contribution >= 4 is 16.9 Å². The van der Waals surface area contributed by atoms with Gasteiger partial charge in [0.15, 0.2) is 5.65 Å². The Kier molecular flexibility index (Phi) is 4.70. The van der Waals surface area contributed by atoms with Gasteiger partial charge in [-0.2, -0.15) is 5.10 Å². The van der Waals surface area contributed by atoms with Crippen LogP contribution in [0.4, 0.5) is 5.82 Å². The minimum absolute atomic E-state index is 0.0212. The standard InChI is InChI=1S/C21H22N8O/c1-27-20-17(11-26-27)21(24-13-23-20)28-8-4-15(5-9-28)12-29-14-25-18(10-19(29)30)16-2-6-22-7-3-16/h2-3,6-7,10-11,13-15H,4-5,8-9,12H2,1H3. The number of nitrogens with zero attached hydrogens (tertiary/aromatic N) is 8. The highest BCUT2D eigenvalue weighted by Crippen LogP contribution is 2.27. The van der Waals surface area contributed by atoms with E-state index in [-0.39, 0.29) is 5.56 Å². The van der Waals surface area contributed by atoms with Crippen LogP contribution in [-0.2, 0) is 13.6 Å². The number of piperidine rings is 1. The number of pyridine rings is 1. The van der Waals surface area contributed by atoms with Crippen LogP contribution in [0, 0.1) is 5.92 Å². The minimum atomic E-state index is -0.0212. The van der Waals surface area contributed by atoms with Crippen LogP contribution in [0.1, 0.15) is 12.8 Å². The van der Waals surface area contributed by atoms with E-state index in [2.05, 4.69) is 29.9 Å². The van der Waals surface area contributed by atoms with Crippen molar-refractivity contribution in [3.05, 3.63) is 59.8 Å². The lowest BCUT2D eigenvalue weighted by Crippen LogP contribution is -2.37. The van der Waals surface area contributed by atoms with Gasteiger partial charge in [-0.25, -0.2) is 15.0 Å². The maximum Gasteiger partial charge on any atom is 0.253 e. The summed E-state index contributed by atoms with van der Waals surface area (Å²) >= 11 is 0. The highest BCUT2D eigenvalue weighted by molar-refractivity contribution is 5.86. The minimum Gasteiger partial charge on any atom is -0.356 e. The highest BCUT2D eigenvalue weighted by Gasteiger charge is 2.23. The van der Waals surface area contributed by atoms with Crippen molar-refractivity contribution in [2.45, 2.75) is 19.4 Å². The lowest BCUT2D eigenvalue weighted by molar-refractivity contribution is 0.350. The number of fused-ring (bicyclic) bond motifs is 1. The molecule has 4 aromatic heterocycles. The van der Waals surface area contributed by atoms with E-state index in [4.69, 9.17) is 0 Å². The van der Waals surface area contributed by atoms with E-state index in [0.717, 1.165) is 48.3 Å². The van der Waals surface area contributed by atoms with Gasteiger partial charge in [-0.05, 0) is 30.9 Å². The van der Waals surface area contributed by atoms with Crippen LogP contribution in [0.15, 0.2) is 54.2 Å². The second-order valence-electron chi connectivity index (χ2n) is 7.63. The van der Waals surface area contributed by atoms with Crippen molar-refractivity contribution in [2.75, 3.05) is 18.0 Å². The molecule has 0 amide bonds. The van der Waals surface area contributed by atoms with E-state index in [1.807, 2.05) is 25.4 Å². The average molecular weight is 402 g/mol. The third-order valence-electron chi connectivity index (χ3n) is 5.73. The van der Waals surface area contributed by atoms with Crippen LogP contribution >= 0.6 is 0 Å². The van der Waals surface area contributed by atoms with Crippen molar-refractivity contribution in [3.63, 3.8) is 0 Å². The Balaban J connectivity index is 1.27. The average Bonchev–Trinajstić information content (AvgIpc) is 3.17. The molecule has 0 aromatic carbocycles. The zero-order chi connectivity index (χ0) is 20.5. The third-order valence-corrected chi connectivity index (χ3v) is 5.73. The molecule has 5 rings (SSSR count). The van der Waals surface area contributed by atoms with Gasteiger partial charge in [-0.1, -0.05) is 0 Å². The van der Waals surface area contributed by atoms with Crippen molar-refractivity contribution < 1.29 is 0 Å². The maximum atomic E-state index is 12.6. The van der Waals surface area contributed by atoms with Gasteiger partial charge in [-0.15, -0.1) is 0 Å². The summed E-state index contributed by atoms with van der Waals surface area (Å²) in [6.45, 7) is 2.47. The van der Waals surface area contributed by atoms with Crippen LogP contribution in [-0.4, -0.2) is 47.4 Å². The summed E-state index contributed by atoms with van der Waals surface area (Å²) in [7, 11) is 1.89. The summed E-state index contributed by atoms with van der Waals surface area (Å²) in [6.07, 6.45) is 10.5. The molecule has 4 aromatic rings. The predicted octanol–water partition coefficient (Wildman–Crippen LogP) is 1.90. The Hall–Kier alpha value is -3.62. The van der Waals surface area contributed by atoms with Crippen molar-refractivity contribution in [1.82, 2.24) is 34.3 Å². The van der Waals surface area contributed by atoms with Crippen LogP contribution in [0.5, 0.6) is 0 Å². The molecule has 9 heteroatoms. The Morgan fingerprint density at radius 2 is 1.90 bits per heavy atom. The molecule has 0 atom stereocenters. The van der Waals surface area contributed by atoms with Crippen LogP contribution in [0.2, 0.25) is 0 Å². The maximum absolute atomic E-state index is 12.6. The topological polar surface area (TPSA) is 94.6 Å². The molecule has 0 aliphatic carbocycles. The molecule has 1 saturated heterocycles. The Bertz CT molecular complexity index is 1220. The Labute approximate surface area is 173 Å². The van der Waals surface area contributed by atoms with Gasteiger partial charge in [0.2, 0.25) is 0 Å². The molecule has 9 nitrogen and oxygen atoms in total. The Morgan fingerprint density at radius 3 is 2.67 bits per heavy atom. The monoisotopic (exact) mass is 402 g/mol. The zero-order valence-electron chi connectivity index (χ0n) is 16.7. The molecular formula is C21H22N8O. The van der Waals surface area contributed by atoms with Crippen molar-refractivity contribution in [2.24, 2.45) is 13.0 Å². The first-order valence-electron chi connectivity index (χ1n) is 10.0. The van der Waals surface area contributed by atoms with Crippen LogP contribution in [0.25, 0.3) is 22.3 Å².